The van der Waals surface area contributed by atoms with Crippen LogP contribution in [0.3, 0.4) is 0 Å². The Balaban J connectivity index is 2.20. The van der Waals surface area contributed by atoms with Crippen LogP contribution in [0, 0.1) is 0 Å². The minimum absolute atomic E-state index is 0.703. The Morgan fingerprint density at radius 1 is 0.722 bits per heavy atom. The van der Waals surface area contributed by atoms with Gasteiger partial charge in [-0.05, 0) is 11.1 Å². The third kappa shape index (κ3) is 2.72. The summed E-state index contributed by atoms with van der Waals surface area (Å²) >= 11 is 0. The molecule has 2 unspecified atom stereocenters. The fraction of sp³-hybridized carbons (Fsp3) is 0.286. The van der Waals surface area contributed by atoms with Crippen LogP contribution in [0.4, 0.5) is 0 Å². The maximum absolute atomic E-state index is 10.1. The molecular formula is C14H18N2O2+2. The van der Waals surface area contributed by atoms with Crippen molar-refractivity contribution in [2.75, 3.05) is 0 Å². The summed E-state index contributed by atoms with van der Waals surface area (Å²) in [4.78, 5) is 0. The molecule has 0 fully saturated rings. The first-order valence-electron chi connectivity index (χ1n) is 5.84. The molecule has 2 N–H and O–H groups in total. The van der Waals surface area contributed by atoms with Crippen molar-refractivity contribution in [2.24, 2.45) is 14.1 Å². The van der Waals surface area contributed by atoms with Gasteiger partial charge in [0.1, 0.15) is 26.3 Å². The average molecular weight is 246 g/mol. The van der Waals surface area contributed by atoms with Crippen molar-refractivity contribution in [3.8, 4) is 0 Å². The van der Waals surface area contributed by atoms with Gasteiger partial charge in [0.05, 0.1) is 0 Å². The van der Waals surface area contributed by atoms with Crippen LogP contribution in [0.2, 0.25) is 0 Å². The molecule has 2 heterocycles. The predicted molar refractivity (Wildman–Crippen MR) is 65.2 cm³/mol. The molecule has 0 aliphatic rings. The maximum atomic E-state index is 10.1. The fourth-order valence-corrected chi connectivity index (χ4v) is 1.78. The van der Waals surface area contributed by atoms with Gasteiger partial charge in [-0.15, -0.1) is 0 Å². The number of aliphatic hydroxyl groups excluding tert-OH is 2. The van der Waals surface area contributed by atoms with Gasteiger partial charge < -0.3 is 10.2 Å². The van der Waals surface area contributed by atoms with Crippen molar-refractivity contribution in [3.05, 3.63) is 60.2 Å². The maximum Gasteiger partial charge on any atom is 0.168 e. The molecule has 4 nitrogen and oxygen atoms in total. The molecule has 0 aliphatic carbocycles. The Bertz CT molecular complexity index is 459. The Hall–Kier alpha value is -1.78. The molecule has 2 aromatic heterocycles. The predicted octanol–water partition coefficient (Wildman–Crippen LogP) is 0.103. The van der Waals surface area contributed by atoms with Gasteiger partial charge in [0.2, 0.25) is 0 Å². The van der Waals surface area contributed by atoms with Crippen molar-refractivity contribution in [3.63, 3.8) is 0 Å². The molecule has 0 aliphatic heterocycles. The summed E-state index contributed by atoms with van der Waals surface area (Å²) in [5, 5.41) is 20.3. The first kappa shape index (κ1) is 12.7. The summed E-state index contributed by atoms with van der Waals surface area (Å²) in [5.74, 6) is 0. The van der Waals surface area contributed by atoms with Crippen molar-refractivity contribution >= 4 is 0 Å². The van der Waals surface area contributed by atoms with E-state index >= 15 is 0 Å². The molecule has 0 saturated carbocycles. The molecule has 94 valence electrons. The normalized spacial score (nSPS) is 14.2. The van der Waals surface area contributed by atoms with E-state index in [0.29, 0.717) is 11.1 Å². The second kappa shape index (κ2) is 5.25. The highest BCUT2D eigenvalue weighted by atomic mass is 16.3. The van der Waals surface area contributed by atoms with Crippen molar-refractivity contribution in [1.29, 1.82) is 0 Å². The van der Waals surface area contributed by atoms with Crippen molar-refractivity contribution < 1.29 is 19.3 Å². The van der Waals surface area contributed by atoms with Gasteiger partial charge in [-0.25, -0.2) is 9.13 Å². The second-order valence-corrected chi connectivity index (χ2v) is 4.48. The molecule has 0 saturated heterocycles. The first-order valence-corrected chi connectivity index (χ1v) is 5.84. The van der Waals surface area contributed by atoms with Crippen LogP contribution in [0.5, 0.6) is 0 Å². The van der Waals surface area contributed by atoms with Gasteiger partial charge in [0.25, 0.3) is 0 Å². The summed E-state index contributed by atoms with van der Waals surface area (Å²) in [6.45, 7) is 0. The van der Waals surface area contributed by atoms with Crippen LogP contribution >= 0.6 is 0 Å². The summed E-state index contributed by atoms with van der Waals surface area (Å²) in [5.41, 5.74) is 1.41. The molecule has 0 aromatic carbocycles. The quantitative estimate of drug-likeness (QED) is 0.755. The third-order valence-electron chi connectivity index (χ3n) is 2.99. The molecule has 0 radical (unpaired) electrons. The zero-order valence-electron chi connectivity index (χ0n) is 10.6. The minimum Gasteiger partial charge on any atom is -0.385 e. The fourth-order valence-electron chi connectivity index (χ4n) is 1.78. The van der Waals surface area contributed by atoms with Crippen LogP contribution in [0.1, 0.15) is 23.3 Å². The number of hydrogen-bond acceptors (Lipinski definition) is 2. The highest BCUT2D eigenvalue weighted by molar-refractivity contribution is 5.19. The van der Waals surface area contributed by atoms with Gasteiger partial charge in [-0.1, -0.05) is 0 Å². The van der Waals surface area contributed by atoms with Crippen molar-refractivity contribution in [1.82, 2.24) is 0 Å². The lowest BCUT2D eigenvalue weighted by Gasteiger charge is -2.17. The number of aryl methyl sites for hydroxylation is 2. The monoisotopic (exact) mass is 246 g/mol. The number of rotatable bonds is 3. The Morgan fingerprint density at radius 2 is 1.00 bits per heavy atom. The van der Waals surface area contributed by atoms with Crippen LogP contribution < -0.4 is 9.13 Å². The van der Waals surface area contributed by atoms with Crippen LogP contribution in [0.15, 0.2) is 49.1 Å². The van der Waals surface area contributed by atoms with E-state index in [4.69, 9.17) is 0 Å². The van der Waals surface area contributed by atoms with E-state index in [1.165, 1.54) is 0 Å². The SMILES string of the molecule is C[n+]1ccc(C(O)C(O)c2cc[n+](C)cc2)cc1. The zero-order valence-corrected chi connectivity index (χ0v) is 10.6. The lowest BCUT2D eigenvalue weighted by molar-refractivity contribution is -0.671. The van der Waals surface area contributed by atoms with Gasteiger partial charge in [0.15, 0.2) is 24.8 Å². The Labute approximate surface area is 106 Å². The summed E-state index contributed by atoms with van der Waals surface area (Å²) < 4.78 is 3.76. The zero-order chi connectivity index (χ0) is 13.1. The highest BCUT2D eigenvalue weighted by Crippen LogP contribution is 2.27. The molecule has 4 heteroatoms. The third-order valence-corrected chi connectivity index (χ3v) is 2.99. The van der Waals surface area contributed by atoms with Crippen LogP contribution in [-0.4, -0.2) is 10.2 Å². The molecule has 0 bridgehead atoms. The number of nitrogens with zero attached hydrogens (tertiary/aromatic N) is 2. The lowest BCUT2D eigenvalue weighted by Crippen LogP contribution is -2.27. The number of hydrogen-bond donors (Lipinski definition) is 2. The summed E-state index contributed by atoms with van der Waals surface area (Å²) in [7, 11) is 3.81. The van der Waals surface area contributed by atoms with Crippen LogP contribution in [-0.2, 0) is 14.1 Å². The van der Waals surface area contributed by atoms with Gasteiger partial charge in [-0.2, -0.15) is 0 Å². The molecule has 0 amide bonds. The van der Waals surface area contributed by atoms with Gasteiger partial charge in [0, 0.05) is 24.3 Å². The summed E-state index contributed by atoms with van der Waals surface area (Å²) in [6.07, 6.45) is 5.54. The second-order valence-electron chi connectivity index (χ2n) is 4.48. The van der Waals surface area contributed by atoms with E-state index in [0.717, 1.165) is 0 Å². The van der Waals surface area contributed by atoms with E-state index in [1.807, 2.05) is 48.0 Å². The molecule has 0 spiro atoms. The average Bonchev–Trinajstić information content (AvgIpc) is 2.39. The highest BCUT2D eigenvalue weighted by Gasteiger charge is 2.21. The minimum atomic E-state index is -0.918. The first-order chi connectivity index (χ1) is 8.58. The smallest absolute Gasteiger partial charge is 0.168 e. The number of pyridine rings is 2. The topological polar surface area (TPSA) is 48.2 Å². The van der Waals surface area contributed by atoms with E-state index in [9.17, 15) is 10.2 Å². The van der Waals surface area contributed by atoms with Crippen LogP contribution in [0.25, 0.3) is 0 Å². The van der Waals surface area contributed by atoms with Crippen molar-refractivity contribution in [2.45, 2.75) is 12.2 Å². The summed E-state index contributed by atoms with van der Waals surface area (Å²) in [6, 6.07) is 7.21. The van der Waals surface area contributed by atoms with Gasteiger partial charge >= 0.3 is 0 Å². The molecule has 2 rings (SSSR count). The molecular weight excluding hydrogens is 228 g/mol. The molecule has 18 heavy (non-hydrogen) atoms. The molecule has 2 aromatic rings. The van der Waals surface area contributed by atoms with E-state index in [2.05, 4.69) is 0 Å². The molecule has 2 atom stereocenters. The van der Waals surface area contributed by atoms with Gasteiger partial charge in [-0.3, -0.25) is 0 Å². The van der Waals surface area contributed by atoms with E-state index in [-0.39, 0.29) is 0 Å². The number of aromatic nitrogens is 2. The number of aliphatic hydroxyl groups is 2. The Kier molecular flexibility index (Phi) is 3.69. The van der Waals surface area contributed by atoms with E-state index in [1.54, 1.807) is 24.3 Å². The Morgan fingerprint density at radius 3 is 1.28 bits per heavy atom. The standard InChI is InChI=1S/C14H18N2O2/c1-15-7-3-11(4-8-15)13(17)14(18)12-5-9-16(2)10-6-12/h3-10,13-14,17-18H,1-2H3/q+2. The lowest BCUT2D eigenvalue weighted by atomic mass is 10.00. The van der Waals surface area contributed by atoms with E-state index < -0.39 is 12.2 Å². The largest absolute Gasteiger partial charge is 0.385 e.